The SMILES string of the molecule is CCCCOc1ccc(-c2cc(F)c(C#Cc3cc(F)c(C(F)(F)Oc4cc(F)c(F)c(F)c4)c(F)c3)c(F)c2)nc1. The maximum atomic E-state index is 14.7. The van der Waals surface area contributed by atoms with E-state index in [9.17, 15) is 39.5 Å². The van der Waals surface area contributed by atoms with Gasteiger partial charge in [0.25, 0.3) is 0 Å². The summed E-state index contributed by atoms with van der Waals surface area (Å²) in [6, 6.07) is 5.76. The first kappa shape index (κ1) is 30.3. The molecule has 4 aromatic rings. The molecular weight excluding hydrogens is 577 g/mol. The van der Waals surface area contributed by atoms with Crippen molar-refractivity contribution in [2.45, 2.75) is 25.9 Å². The summed E-state index contributed by atoms with van der Waals surface area (Å²) in [5.41, 5.74) is -3.00. The van der Waals surface area contributed by atoms with Crippen molar-refractivity contribution >= 4 is 0 Å². The number of unbranched alkanes of at least 4 members (excludes halogenated alkanes) is 1. The van der Waals surface area contributed by atoms with E-state index in [0.717, 1.165) is 25.0 Å². The van der Waals surface area contributed by atoms with E-state index in [2.05, 4.69) is 21.6 Å². The molecule has 218 valence electrons. The first-order valence-electron chi connectivity index (χ1n) is 12.2. The Balaban J connectivity index is 1.56. The maximum absolute atomic E-state index is 14.7. The molecule has 3 aromatic carbocycles. The van der Waals surface area contributed by atoms with Crippen LogP contribution in [0.2, 0.25) is 0 Å². The molecule has 0 aliphatic carbocycles. The molecule has 0 unspecified atom stereocenters. The van der Waals surface area contributed by atoms with Crippen molar-refractivity contribution in [1.29, 1.82) is 0 Å². The number of ether oxygens (including phenoxy) is 2. The van der Waals surface area contributed by atoms with Gasteiger partial charge in [-0.2, -0.15) is 8.78 Å². The third-order valence-electron chi connectivity index (χ3n) is 5.71. The molecule has 3 nitrogen and oxygen atoms in total. The average Bonchev–Trinajstić information content (AvgIpc) is 2.91. The van der Waals surface area contributed by atoms with Crippen molar-refractivity contribution in [3.05, 3.63) is 112 Å². The number of nitrogens with zero attached hydrogens (tertiary/aromatic N) is 1. The van der Waals surface area contributed by atoms with Crippen LogP contribution in [-0.4, -0.2) is 11.6 Å². The summed E-state index contributed by atoms with van der Waals surface area (Å²) in [7, 11) is 0. The zero-order valence-corrected chi connectivity index (χ0v) is 21.5. The molecule has 42 heavy (non-hydrogen) atoms. The molecule has 4 rings (SSSR count). The lowest BCUT2D eigenvalue weighted by molar-refractivity contribution is -0.189. The highest BCUT2D eigenvalue weighted by atomic mass is 19.3. The summed E-state index contributed by atoms with van der Waals surface area (Å²) in [6.07, 6.45) is -1.64. The number of benzene rings is 3. The first-order chi connectivity index (χ1) is 19.9. The third-order valence-corrected chi connectivity index (χ3v) is 5.71. The smallest absolute Gasteiger partial charge is 0.432 e. The van der Waals surface area contributed by atoms with Crippen molar-refractivity contribution in [2.24, 2.45) is 0 Å². The Labute approximate surface area is 233 Å². The molecule has 0 spiro atoms. The van der Waals surface area contributed by atoms with Gasteiger partial charge in [-0.05, 0) is 42.8 Å². The Morgan fingerprint density at radius 1 is 0.738 bits per heavy atom. The quantitative estimate of drug-likeness (QED) is 0.0887. The molecule has 0 N–H and O–H groups in total. The van der Waals surface area contributed by atoms with Gasteiger partial charge in [-0.1, -0.05) is 25.2 Å². The van der Waals surface area contributed by atoms with Crippen LogP contribution in [0.5, 0.6) is 11.5 Å². The van der Waals surface area contributed by atoms with E-state index in [-0.39, 0.29) is 23.4 Å². The summed E-state index contributed by atoms with van der Waals surface area (Å²) < 4.78 is 137. The predicted molar refractivity (Wildman–Crippen MR) is 133 cm³/mol. The van der Waals surface area contributed by atoms with E-state index in [1.54, 1.807) is 6.07 Å². The largest absolute Gasteiger partial charge is 0.492 e. The fraction of sp³-hybridized carbons (Fsp3) is 0.167. The number of alkyl halides is 2. The predicted octanol–water partition coefficient (Wildman–Crippen LogP) is 8.43. The molecule has 0 atom stereocenters. The van der Waals surface area contributed by atoms with E-state index in [1.165, 1.54) is 12.3 Å². The second kappa shape index (κ2) is 12.5. The third kappa shape index (κ3) is 6.79. The molecule has 0 aliphatic heterocycles. The highest BCUT2D eigenvalue weighted by molar-refractivity contribution is 5.62. The van der Waals surface area contributed by atoms with Crippen molar-refractivity contribution < 1.29 is 49.0 Å². The van der Waals surface area contributed by atoms with Gasteiger partial charge in [0.05, 0.1) is 24.1 Å². The number of pyridine rings is 1. The van der Waals surface area contributed by atoms with Crippen molar-refractivity contribution in [2.75, 3.05) is 6.61 Å². The van der Waals surface area contributed by atoms with Gasteiger partial charge in [-0.15, -0.1) is 0 Å². The Bertz CT molecular complexity index is 1610. The molecule has 1 heterocycles. The van der Waals surface area contributed by atoms with Crippen LogP contribution >= 0.6 is 0 Å². The lowest BCUT2D eigenvalue weighted by Gasteiger charge is -2.19. The van der Waals surface area contributed by atoms with E-state index < -0.39 is 69.3 Å². The van der Waals surface area contributed by atoms with Gasteiger partial charge >= 0.3 is 6.11 Å². The molecule has 0 saturated carbocycles. The van der Waals surface area contributed by atoms with Crippen LogP contribution in [0, 0.1) is 52.6 Å². The van der Waals surface area contributed by atoms with Crippen LogP contribution in [-0.2, 0) is 6.11 Å². The molecule has 0 amide bonds. The molecule has 0 aliphatic rings. The Morgan fingerprint density at radius 2 is 1.36 bits per heavy atom. The van der Waals surface area contributed by atoms with Crippen LogP contribution in [0.3, 0.4) is 0 Å². The van der Waals surface area contributed by atoms with Crippen LogP contribution in [0.25, 0.3) is 11.3 Å². The van der Waals surface area contributed by atoms with E-state index in [0.29, 0.717) is 24.5 Å². The van der Waals surface area contributed by atoms with Gasteiger partial charge in [0, 0.05) is 23.3 Å². The van der Waals surface area contributed by atoms with Gasteiger partial charge in [-0.3, -0.25) is 4.98 Å². The van der Waals surface area contributed by atoms with Crippen molar-refractivity contribution in [1.82, 2.24) is 4.98 Å². The number of hydrogen-bond donors (Lipinski definition) is 0. The lowest BCUT2D eigenvalue weighted by Crippen LogP contribution is -2.25. The summed E-state index contributed by atoms with van der Waals surface area (Å²) in [4.78, 5) is 4.12. The van der Waals surface area contributed by atoms with E-state index in [4.69, 9.17) is 4.74 Å². The van der Waals surface area contributed by atoms with Crippen LogP contribution < -0.4 is 9.47 Å². The van der Waals surface area contributed by atoms with Gasteiger partial charge in [0.1, 0.15) is 40.3 Å². The number of rotatable bonds is 8. The number of aromatic nitrogens is 1. The standard InChI is InChI=1S/C30H18F9NO2/c1-2-3-8-41-18-5-7-27(40-15-18)17-11-21(31)20(22(32)12-17)6-4-16-9-23(33)28(24(34)10-16)30(38,39)42-19-13-25(35)29(37)26(36)14-19/h5,7,9-15H,2-3,8H2,1H3. The van der Waals surface area contributed by atoms with Gasteiger partial charge in [-0.25, -0.2) is 30.7 Å². The minimum Gasteiger partial charge on any atom is -0.492 e. The van der Waals surface area contributed by atoms with E-state index >= 15 is 0 Å². The molecular formula is C30H18F9NO2. The summed E-state index contributed by atoms with van der Waals surface area (Å²) >= 11 is 0. The summed E-state index contributed by atoms with van der Waals surface area (Å²) in [6.45, 7) is 2.49. The second-order valence-electron chi connectivity index (χ2n) is 8.78. The molecule has 0 saturated heterocycles. The molecule has 0 bridgehead atoms. The fourth-order valence-electron chi connectivity index (χ4n) is 3.66. The van der Waals surface area contributed by atoms with Crippen LogP contribution in [0.1, 0.15) is 36.5 Å². The maximum Gasteiger partial charge on any atom is 0.432 e. The minimum absolute atomic E-state index is 0.0600. The highest BCUT2D eigenvalue weighted by Crippen LogP contribution is 2.36. The van der Waals surface area contributed by atoms with Crippen LogP contribution in [0.15, 0.2) is 54.7 Å². The summed E-state index contributed by atoms with van der Waals surface area (Å²) in [5, 5.41) is 0. The number of hydrogen-bond acceptors (Lipinski definition) is 3. The van der Waals surface area contributed by atoms with Gasteiger partial charge in [0.2, 0.25) is 0 Å². The average molecular weight is 595 g/mol. The molecule has 1 aromatic heterocycles. The van der Waals surface area contributed by atoms with Crippen molar-refractivity contribution in [3.63, 3.8) is 0 Å². The van der Waals surface area contributed by atoms with Crippen molar-refractivity contribution in [3.8, 4) is 34.6 Å². The zero-order valence-electron chi connectivity index (χ0n) is 21.5. The minimum atomic E-state index is -4.81. The monoisotopic (exact) mass is 595 g/mol. The first-order valence-corrected chi connectivity index (χ1v) is 12.2. The highest BCUT2D eigenvalue weighted by Gasteiger charge is 2.41. The Kier molecular flexibility index (Phi) is 8.99. The number of halogens is 9. The van der Waals surface area contributed by atoms with E-state index in [1.807, 2.05) is 6.92 Å². The fourth-order valence-corrected chi connectivity index (χ4v) is 3.66. The van der Waals surface area contributed by atoms with Gasteiger partial charge in [0.15, 0.2) is 17.5 Å². The Morgan fingerprint density at radius 3 is 1.90 bits per heavy atom. The second-order valence-corrected chi connectivity index (χ2v) is 8.78. The normalized spacial score (nSPS) is 11.2. The molecule has 12 heteroatoms. The molecule has 0 radical (unpaired) electrons. The summed E-state index contributed by atoms with van der Waals surface area (Å²) in [5.74, 6) is -8.35. The van der Waals surface area contributed by atoms with Gasteiger partial charge < -0.3 is 9.47 Å². The molecule has 0 fully saturated rings. The Hall–Kier alpha value is -4.66. The van der Waals surface area contributed by atoms with Crippen LogP contribution in [0.4, 0.5) is 39.5 Å². The lowest BCUT2D eigenvalue weighted by atomic mass is 10.1. The topological polar surface area (TPSA) is 31.4 Å². The zero-order chi connectivity index (χ0) is 30.6.